The Kier molecular flexibility index (Phi) is 2.83. The molecule has 0 saturated heterocycles. The molecule has 0 radical (unpaired) electrons. The number of para-hydroxylation sites is 1. The van der Waals surface area contributed by atoms with E-state index in [0.29, 0.717) is 5.52 Å². The normalized spacial score (nSPS) is 11.1. The molecule has 2 aromatic rings. The first-order valence-corrected chi connectivity index (χ1v) is 5.31. The molecular weight excluding hydrogens is 223 g/mol. The Morgan fingerprint density at radius 1 is 1.47 bits per heavy atom. The molecule has 0 fully saturated rings. The third-order valence-corrected chi connectivity index (χ3v) is 2.56. The van der Waals surface area contributed by atoms with Gasteiger partial charge in [0.15, 0.2) is 5.82 Å². The van der Waals surface area contributed by atoms with Gasteiger partial charge >= 0.3 is 5.97 Å². The molecule has 0 bridgehead atoms. The fourth-order valence-electron chi connectivity index (χ4n) is 1.84. The molecule has 0 atom stereocenters. The summed E-state index contributed by atoms with van der Waals surface area (Å²) in [7, 11) is 1.28. The molecule has 1 heterocycles. The largest absolute Gasteiger partial charge is 0.463 e. The number of halogens is 1. The van der Waals surface area contributed by atoms with Crippen LogP contribution < -0.4 is 0 Å². The van der Waals surface area contributed by atoms with Crippen LogP contribution in [0.5, 0.6) is 0 Å². The van der Waals surface area contributed by atoms with Gasteiger partial charge < -0.3 is 9.30 Å². The van der Waals surface area contributed by atoms with Gasteiger partial charge in [-0.1, -0.05) is 6.07 Å². The van der Waals surface area contributed by atoms with Gasteiger partial charge in [-0.2, -0.15) is 0 Å². The number of carbonyl (C=O) groups excluding carboxylic acids is 1. The number of esters is 1. The van der Waals surface area contributed by atoms with E-state index in [9.17, 15) is 9.18 Å². The van der Waals surface area contributed by atoms with Crippen molar-refractivity contribution in [3.05, 3.63) is 29.8 Å². The van der Waals surface area contributed by atoms with Gasteiger partial charge in [-0.3, -0.25) is 0 Å². The minimum Gasteiger partial charge on any atom is -0.463 e. The average molecular weight is 236 g/mol. The van der Waals surface area contributed by atoms with Crippen LogP contribution >= 0.6 is 0 Å². The highest BCUT2D eigenvalue weighted by Crippen LogP contribution is 2.23. The number of fused-ring (bicyclic) bond motifs is 1. The number of hydrogen-bond donors (Lipinski definition) is 0. The summed E-state index contributed by atoms with van der Waals surface area (Å²) in [6, 6.07) is 4.65. The number of carbonyl (C=O) groups is 1. The summed E-state index contributed by atoms with van der Waals surface area (Å²) >= 11 is 0. The molecule has 4 nitrogen and oxygen atoms in total. The van der Waals surface area contributed by atoms with Crippen LogP contribution in [0.2, 0.25) is 0 Å². The highest BCUT2D eigenvalue weighted by Gasteiger charge is 2.21. The van der Waals surface area contributed by atoms with Crippen LogP contribution in [0.1, 0.15) is 30.5 Å². The number of aromatic nitrogens is 2. The van der Waals surface area contributed by atoms with Crippen LogP contribution in [0.3, 0.4) is 0 Å². The molecule has 0 saturated carbocycles. The molecule has 0 unspecified atom stereocenters. The maximum atomic E-state index is 13.6. The summed E-state index contributed by atoms with van der Waals surface area (Å²) in [4.78, 5) is 15.6. The summed E-state index contributed by atoms with van der Waals surface area (Å²) in [6.45, 7) is 3.80. The van der Waals surface area contributed by atoms with Crippen molar-refractivity contribution in [1.29, 1.82) is 0 Å². The van der Waals surface area contributed by atoms with Gasteiger partial charge in [0.1, 0.15) is 5.52 Å². The lowest BCUT2D eigenvalue weighted by molar-refractivity contribution is 0.0580. The van der Waals surface area contributed by atoms with Gasteiger partial charge in [0.25, 0.3) is 0 Å². The molecule has 17 heavy (non-hydrogen) atoms. The van der Waals surface area contributed by atoms with Crippen molar-refractivity contribution in [2.75, 3.05) is 7.11 Å². The van der Waals surface area contributed by atoms with Crippen molar-refractivity contribution in [2.24, 2.45) is 0 Å². The number of ether oxygens (including phenoxy) is 1. The maximum absolute atomic E-state index is 13.6. The van der Waals surface area contributed by atoms with E-state index in [2.05, 4.69) is 9.72 Å². The summed E-state index contributed by atoms with van der Waals surface area (Å²) in [6.07, 6.45) is 0. The minimum absolute atomic E-state index is 0.00380. The molecule has 5 heteroatoms. The Balaban J connectivity index is 2.79. The fourth-order valence-corrected chi connectivity index (χ4v) is 1.84. The Bertz CT molecular complexity index is 575. The summed E-state index contributed by atoms with van der Waals surface area (Å²) in [5, 5.41) is 0. The zero-order chi connectivity index (χ0) is 12.6. The predicted octanol–water partition coefficient (Wildman–Crippen LogP) is 2.54. The van der Waals surface area contributed by atoms with Gasteiger partial charge in [-0.05, 0) is 26.0 Å². The standard InChI is InChI=1S/C12H13FN2O2/c1-7(2)15-9-6-4-5-8(13)10(9)14-11(15)12(16)17-3/h4-7H,1-3H3. The first-order chi connectivity index (χ1) is 8.06. The number of imidazole rings is 1. The quantitative estimate of drug-likeness (QED) is 0.752. The lowest BCUT2D eigenvalue weighted by Gasteiger charge is -2.11. The summed E-state index contributed by atoms with van der Waals surface area (Å²) in [5.41, 5.74) is 0.794. The lowest BCUT2D eigenvalue weighted by Crippen LogP contribution is -2.13. The molecule has 0 N–H and O–H groups in total. The monoisotopic (exact) mass is 236 g/mol. The van der Waals surface area contributed by atoms with E-state index >= 15 is 0 Å². The van der Waals surface area contributed by atoms with E-state index in [4.69, 9.17) is 0 Å². The van der Waals surface area contributed by atoms with Gasteiger partial charge in [0, 0.05) is 6.04 Å². The Morgan fingerprint density at radius 2 is 2.18 bits per heavy atom. The Labute approximate surface area is 98.0 Å². The predicted molar refractivity (Wildman–Crippen MR) is 61.4 cm³/mol. The van der Waals surface area contributed by atoms with Gasteiger partial charge in [-0.15, -0.1) is 0 Å². The number of rotatable bonds is 2. The van der Waals surface area contributed by atoms with Crippen molar-refractivity contribution < 1.29 is 13.9 Å². The van der Waals surface area contributed by atoms with Crippen molar-refractivity contribution in [3.63, 3.8) is 0 Å². The number of benzene rings is 1. The molecule has 0 aliphatic carbocycles. The van der Waals surface area contributed by atoms with Crippen LogP contribution in [0.15, 0.2) is 18.2 Å². The van der Waals surface area contributed by atoms with Gasteiger partial charge in [0.2, 0.25) is 5.82 Å². The second-order valence-corrected chi connectivity index (χ2v) is 4.00. The molecule has 0 amide bonds. The third-order valence-electron chi connectivity index (χ3n) is 2.56. The number of methoxy groups -OCH3 is 1. The number of nitrogens with zero attached hydrogens (tertiary/aromatic N) is 2. The van der Waals surface area contributed by atoms with Crippen LogP contribution in [0.25, 0.3) is 11.0 Å². The first kappa shape index (κ1) is 11.6. The van der Waals surface area contributed by atoms with Crippen molar-refractivity contribution in [3.8, 4) is 0 Å². The molecule has 0 spiro atoms. The average Bonchev–Trinajstić information content (AvgIpc) is 2.68. The second-order valence-electron chi connectivity index (χ2n) is 4.00. The second kappa shape index (κ2) is 4.16. The van der Waals surface area contributed by atoms with Gasteiger partial charge in [-0.25, -0.2) is 14.2 Å². The minimum atomic E-state index is -0.561. The first-order valence-electron chi connectivity index (χ1n) is 5.31. The van der Waals surface area contributed by atoms with Crippen molar-refractivity contribution in [2.45, 2.75) is 19.9 Å². The zero-order valence-corrected chi connectivity index (χ0v) is 9.90. The van der Waals surface area contributed by atoms with E-state index < -0.39 is 11.8 Å². The molecule has 0 aliphatic heterocycles. The van der Waals surface area contributed by atoms with E-state index in [1.807, 2.05) is 13.8 Å². The smallest absolute Gasteiger partial charge is 0.374 e. The zero-order valence-electron chi connectivity index (χ0n) is 9.90. The Hall–Kier alpha value is -1.91. The SMILES string of the molecule is COC(=O)c1nc2c(F)cccc2n1C(C)C. The third kappa shape index (κ3) is 1.77. The molecule has 90 valence electrons. The summed E-state index contributed by atoms with van der Waals surface area (Å²) in [5.74, 6) is -0.871. The lowest BCUT2D eigenvalue weighted by atomic mass is 10.3. The van der Waals surface area contributed by atoms with Crippen molar-refractivity contribution >= 4 is 17.0 Å². The molecule has 0 aliphatic rings. The van der Waals surface area contributed by atoms with E-state index in [0.717, 1.165) is 0 Å². The van der Waals surface area contributed by atoms with E-state index in [-0.39, 0.29) is 17.4 Å². The topological polar surface area (TPSA) is 44.1 Å². The summed E-state index contributed by atoms with van der Waals surface area (Å²) < 4.78 is 19.9. The van der Waals surface area contributed by atoms with Crippen LogP contribution in [-0.4, -0.2) is 22.6 Å². The van der Waals surface area contributed by atoms with Gasteiger partial charge in [0.05, 0.1) is 12.6 Å². The highest BCUT2D eigenvalue weighted by atomic mass is 19.1. The fraction of sp³-hybridized carbons (Fsp3) is 0.333. The Morgan fingerprint density at radius 3 is 2.76 bits per heavy atom. The molecular formula is C12H13FN2O2. The van der Waals surface area contributed by atoms with Crippen LogP contribution in [0, 0.1) is 5.82 Å². The molecule has 2 rings (SSSR count). The molecule has 1 aromatic carbocycles. The maximum Gasteiger partial charge on any atom is 0.374 e. The molecule has 1 aromatic heterocycles. The van der Waals surface area contributed by atoms with E-state index in [1.54, 1.807) is 16.7 Å². The number of hydrogen-bond acceptors (Lipinski definition) is 3. The highest BCUT2D eigenvalue weighted by molar-refractivity contribution is 5.91. The van der Waals surface area contributed by atoms with Crippen LogP contribution in [0.4, 0.5) is 4.39 Å². The van der Waals surface area contributed by atoms with E-state index in [1.165, 1.54) is 13.2 Å². The van der Waals surface area contributed by atoms with Crippen LogP contribution in [-0.2, 0) is 4.74 Å². The van der Waals surface area contributed by atoms with Crippen molar-refractivity contribution in [1.82, 2.24) is 9.55 Å².